The van der Waals surface area contributed by atoms with Crippen molar-refractivity contribution < 1.29 is 37.3 Å². The van der Waals surface area contributed by atoms with Crippen molar-refractivity contribution in [1.29, 1.82) is 0 Å². The van der Waals surface area contributed by atoms with Crippen LogP contribution in [0.15, 0.2) is 53.2 Å². The number of nitrogens with zero attached hydrogens (tertiary/aromatic N) is 1. The number of fused-ring (bicyclic) bond motifs is 1. The predicted octanol–water partition coefficient (Wildman–Crippen LogP) is 4.81. The van der Waals surface area contributed by atoms with Crippen molar-refractivity contribution in [3.8, 4) is 5.75 Å². The summed E-state index contributed by atoms with van der Waals surface area (Å²) in [5.41, 5.74) is 0.108. The molecule has 0 aliphatic carbocycles. The van der Waals surface area contributed by atoms with Gasteiger partial charge in [0.05, 0.1) is 12.7 Å². The number of halogens is 3. The molecule has 2 aromatic rings. The van der Waals surface area contributed by atoms with Gasteiger partial charge in [-0.2, -0.15) is 13.2 Å². The first-order chi connectivity index (χ1) is 14.2. The van der Waals surface area contributed by atoms with Gasteiger partial charge >= 0.3 is 12.1 Å². The van der Waals surface area contributed by atoms with Crippen molar-refractivity contribution in [3.05, 3.63) is 64.9 Å². The van der Waals surface area contributed by atoms with Crippen molar-refractivity contribution >= 4 is 23.1 Å². The fraction of sp³-hybridized carbons (Fsp3) is 0.238. The molecule has 0 saturated carbocycles. The lowest BCUT2D eigenvalue weighted by molar-refractivity contribution is -0.137. The van der Waals surface area contributed by atoms with Gasteiger partial charge in [0.25, 0.3) is 0 Å². The second kappa shape index (κ2) is 8.48. The molecular weight excluding hydrogens is 403 g/mol. The van der Waals surface area contributed by atoms with Gasteiger partial charge in [-0.25, -0.2) is 9.79 Å². The summed E-state index contributed by atoms with van der Waals surface area (Å²) < 4.78 is 54.9. The molecule has 0 bridgehead atoms. The number of carbonyl (C=O) groups is 1. The zero-order valence-corrected chi connectivity index (χ0v) is 16.1. The highest BCUT2D eigenvalue weighted by atomic mass is 19.4. The summed E-state index contributed by atoms with van der Waals surface area (Å²) in [5.74, 6) is -0.626. The number of ether oxygens (including phenoxy) is 3. The number of hydrogen-bond donors (Lipinski definition) is 1. The molecule has 6 nitrogen and oxygen atoms in total. The standard InChI is InChI=1S/C21H18F3NO5/c1-12(28-2)19(20(26)27)15-6-4-3-5-13(15)10-30-18-11-29-17-8-7-14(21(22,23)24)9-16(17)25-18/h3-9H,10-11H2,1-2H3,(H,26,27). The molecule has 1 heterocycles. The number of rotatable bonds is 5. The van der Waals surface area contributed by atoms with Crippen LogP contribution in [-0.4, -0.2) is 30.7 Å². The molecule has 0 aromatic heterocycles. The molecular formula is C21H18F3NO5. The van der Waals surface area contributed by atoms with E-state index in [9.17, 15) is 23.1 Å². The molecule has 0 atom stereocenters. The summed E-state index contributed by atoms with van der Waals surface area (Å²) in [6.45, 7) is 1.43. The van der Waals surface area contributed by atoms with E-state index < -0.39 is 17.7 Å². The minimum absolute atomic E-state index is 0.0145. The van der Waals surface area contributed by atoms with Gasteiger partial charge in [-0.15, -0.1) is 0 Å². The smallest absolute Gasteiger partial charge is 0.416 e. The minimum Gasteiger partial charge on any atom is -0.500 e. The molecule has 158 valence electrons. The van der Waals surface area contributed by atoms with Gasteiger partial charge in [-0.1, -0.05) is 24.3 Å². The summed E-state index contributed by atoms with van der Waals surface area (Å²) in [5, 5.41) is 9.56. The van der Waals surface area contributed by atoms with E-state index in [0.29, 0.717) is 11.1 Å². The summed E-state index contributed by atoms with van der Waals surface area (Å²) in [7, 11) is 1.37. The van der Waals surface area contributed by atoms with E-state index in [-0.39, 0.29) is 41.9 Å². The van der Waals surface area contributed by atoms with Crippen molar-refractivity contribution in [2.24, 2.45) is 4.99 Å². The maximum Gasteiger partial charge on any atom is 0.416 e. The Labute approximate surface area is 170 Å². The number of carboxylic acid groups (broad SMARTS) is 1. The Kier molecular flexibility index (Phi) is 6.00. The van der Waals surface area contributed by atoms with Crippen LogP contribution in [-0.2, 0) is 27.1 Å². The predicted molar refractivity (Wildman–Crippen MR) is 103 cm³/mol. The molecule has 2 aromatic carbocycles. The molecule has 3 rings (SSSR count). The van der Waals surface area contributed by atoms with Crippen LogP contribution in [0.3, 0.4) is 0 Å². The largest absolute Gasteiger partial charge is 0.500 e. The van der Waals surface area contributed by atoms with Gasteiger partial charge in [0.1, 0.15) is 29.4 Å². The SMILES string of the molecule is COC(C)=C(C(=O)O)c1ccccc1COC1=Nc2cc(C(F)(F)F)ccc2OC1. The van der Waals surface area contributed by atoms with Crippen molar-refractivity contribution in [3.63, 3.8) is 0 Å². The Morgan fingerprint density at radius 1 is 1.23 bits per heavy atom. The normalized spacial score (nSPS) is 14.1. The molecule has 0 fully saturated rings. The summed E-state index contributed by atoms with van der Waals surface area (Å²) >= 11 is 0. The quantitative estimate of drug-likeness (QED) is 0.554. The molecule has 0 spiro atoms. The first-order valence-corrected chi connectivity index (χ1v) is 8.81. The Bertz CT molecular complexity index is 1030. The van der Waals surface area contributed by atoms with Crippen LogP contribution in [0.4, 0.5) is 18.9 Å². The van der Waals surface area contributed by atoms with Crippen molar-refractivity contribution in [2.75, 3.05) is 13.7 Å². The Balaban J connectivity index is 1.86. The van der Waals surface area contributed by atoms with Crippen molar-refractivity contribution in [2.45, 2.75) is 19.7 Å². The number of benzene rings is 2. The van der Waals surface area contributed by atoms with Crippen LogP contribution >= 0.6 is 0 Å². The average molecular weight is 421 g/mol. The highest BCUT2D eigenvalue weighted by Gasteiger charge is 2.32. The third kappa shape index (κ3) is 4.56. The zero-order valence-electron chi connectivity index (χ0n) is 16.1. The zero-order chi connectivity index (χ0) is 21.9. The van der Waals surface area contributed by atoms with E-state index in [4.69, 9.17) is 14.2 Å². The first-order valence-electron chi connectivity index (χ1n) is 8.81. The fourth-order valence-corrected chi connectivity index (χ4v) is 2.89. The van der Waals surface area contributed by atoms with Crippen LogP contribution in [0.25, 0.3) is 5.57 Å². The third-order valence-corrected chi connectivity index (χ3v) is 4.44. The molecule has 0 amide bonds. The number of aliphatic imine (C=N–C) groups is 1. The first kappa shape index (κ1) is 21.2. The lowest BCUT2D eigenvalue weighted by atomic mass is 9.99. The maximum atomic E-state index is 12.9. The molecule has 9 heteroatoms. The van der Waals surface area contributed by atoms with Crippen LogP contribution in [0.5, 0.6) is 5.75 Å². The molecule has 0 unspecified atom stereocenters. The average Bonchev–Trinajstić information content (AvgIpc) is 2.71. The summed E-state index contributed by atoms with van der Waals surface area (Å²) in [4.78, 5) is 15.8. The Morgan fingerprint density at radius 3 is 2.63 bits per heavy atom. The summed E-state index contributed by atoms with van der Waals surface area (Å²) in [6.07, 6.45) is -4.50. The lowest BCUT2D eigenvalue weighted by Gasteiger charge is -2.19. The van der Waals surface area contributed by atoms with Gasteiger partial charge < -0.3 is 19.3 Å². The third-order valence-electron chi connectivity index (χ3n) is 4.44. The van der Waals surface area contributed by atoms with E-state index in [1.54, 1.807) is 24.3 Å². The van der Waals surface area contributed by atoms with Gasteiger partial charge in [0.15, 0.2) is 6.61 Å². The maximum absolute atomic E-state index is 12.9. The van der Waals surface area contributed by atoms with E-state index in [2.05, 4.69) is 4.99 Å². The lowest BCUT2D eigenvalue weighted by Crippen LogP contribution is -2.19. The summed E-state index contributed by atoms with van der Waals surface area (Å²) in [6, 6.07) is 9.73. The number of allylic oxidation sites excluding steroid dienone is 1. The molecule has 1 aliphatic heterocycles. The second-order valence-corrected chi connectivity index (χ2v) is 6.36. The van der Waals surface area contributed by atoms with Crippen molar-refractivity contribution in [1.82, 2.24) is 0 Å². The minimum atomic E-state index is -4.50. The van der Waals surface area contributed by atoms with E-state index in [1.165, 1.54) is 20.1 Å². The topological polar surface area (TPSA) is 77.4 Å². The Hall–Kier alpha value is -3.49. The molecule has 1 aliphatic rings. The van der Waals surface area contributed by atoms with Crippen LogP contribution < -0.4 is 4.74 Å². The molecule has 30 heavy (non-hydrogen) atoms. The molecule has 0 saturated heterocycles. The number of aliphatic carboxylic acids is 1. The highest BCUT2D eigenvalue weighted by Crippen LogP contribution is 2.38. The number of hydrogen-bond acceptors (Lipinski definition) is 5. The van der Waals surface area contributed by atoms with Gasteiger partial charge in [-0.05, 0) is 36.2 Å². The van der Waals surface area contributed by atoms with Gasteiger partial charge in [0.2, 0.25) is 5.90 Å². The Morgan fingerprint density at radius 2 is 1.97 bits per heavy atom. The monoisotopic (exact) mass is 421 g/mol. The number of alkyl halides is 3. The number of carboxylic acids is 1. The molecule has 1 N–H and O–H groups in total. The van der Waals surface area contributed by atoms with Gasteiger partial charge in [-0.3, -0.25) is 0 Å². The van der Waals surface area contributed by atoms with Gasteiger partial charge in [0, 0.05) is 0 Å². The molecule has 0 radical (unpaired) electrons. The fourth-order valence-electron chi connectivity index (χ4n) is 2.89. The number of methoxy groups -OCH3 is 1. The van der Waals surface area contributed by atoms with E-state index >= 15 is 0 Å². The van der Waals surface area contributed by atoms with Crippen LogP contribution in [0, 0.1) is 0 Å². The highest BCUT2D eigenvalue weighted by molar-refractivity contribution is 6.16. The van der Waals surface area contributed by atoms with Crippen LogP contribution in [0.1, 0.15) is 23.6 Å². The van der Waals surface area contributed by atoms with Crippen LogP contribution in [0.2, 0.25) is 0 Å². The van der Waals surface area contributed by atoms with E-state index in [0.717, 1.165) is 12.1 Å². The second-order valence-electron chi connectivity index (χ2n) is 6.36. The van der Waals surface area contributed by atoms with E-state index in [1.807, 2.05) is 0 Å².